The van der Waals surface area contributed by atoms with Gasteiger partial charge in [0.05, 0.1) is 87.1 Å². The number of nitrogens with two attached hydrogens (primary N) is 1. The van der Waals surface area contributed by atoms with E-state index in [9.17, 15) is 24.0 Å². The average Bonchev–Trinajstić information content (AvgIpc) is 4.10. The number of hydrogen-bond donors (Lipinski definition) is 2. The minimum Gasteiger partial charge on any atom is -0.493 e. The fraction of sp³-hybridized carbons (Fsp3) is 0.400. The van der Waals surface area contributed by atoms with Gasteiger partial charge in [0.15, 0.2) is 23.0 Å². The van der Waals surface area contributed by atoms with Crippen LogP contribution in [0.25, 0.3) is 0 Å². The lowest BCUT2D eigenvalue weighted by atomic mass is 10.1. The van der Waals surface area contributed by atoms with Gasteiger partial charge in [0.25, 0.3) is 11.8 Å². The molecule has 0 aromatic heterocycles. The van der Waals surface area contributed by atoms with Crippen LogP contribution in [0.5, 0.6) is 23.0 Å². The smallest absolute Gasteiger partial charge is 0.261 e. The first-order chi connectivity index (χ1) is 38.7. The molecule has 20 heteroatoms. The van der Waals surface area contributed by atoms with Gasteiger partial charge in [-0.05, 0) is 85.0 Å². The maximum absolute atomic E-state index is 14.3. The number of para-hydroxylation sites is 2. The minimum atomic E-state index is -0.659. The number of ether oxygens (including phenoxy) is 7. The minimum absolute atomic E-state index is 0.00718. The number of carbonyl (C=O) groups is 5. The van der Waals surface area contributed by atoms with Gasteiger partial charge in [0.2, 0.25) is 17.7 Å². The Labute approximate surface area is 469 Å². The first-order valence-electron chi connectivity index (χ1n) is 26.9. The van der Waals surface area contributed by atoms with E-state index in [2.05, 4.69) is 16.3 Å². The van der Waals surface area contributed by atoms with Crippen LogP contribution in [0.3, 0.4) is 0 Å². The Morgan fingerprint density at radius 3 is 2.05 bits per heavy atom. The standard InChI is InChI=1S/C60H67N7O12S/c1-60(2,80-54-31-56(69)65(59(54)72)15-14-55(61)68)36-64(16-17-76-20-21-77-19-18-73-3)41-23-37(34-78-52-29-46-44(27-50(52)74-4)57(70)66-42(32-62-46)25-39-10-6-8-12-48(39)66)22-38(24-41)35-79-53-30-47-45(28-51(53)75-5)58(71)67-43(33-63-47)26-40-11-7-9-13-49(40)67/h6-13,22-24,27-30,32,42-43,54,63H,14-21,25-26,31,33-36H2,1-5H3,(H2,61,68)/t42-,43-,54?/m0/s1. The summed E-state index contributed by atoms with van der Waals surface area (Å²) < 4.78 is 41.4. The number of hydrogen-bond acceptors (Lipinski definition) is 16. The van der Waals surface area contributed by atoms with Gasteiger partial charge in [-0.1, -0.05) is 36.4 Å². The summed E-state index contributed by atoms with van der Waals surface area (Å²) in [5, 5.41) is 2.86. The van der Waals surface area contributed by atoms with Crippen LogP contribution in [-0.4, -0.2) is 143 Å². The summed E-state index contributed by atoms with van der Waals surface area (Å²) >= 11 is 1.41. The summed E-state index contributed by atoms with van der Waals surface area (Å²) in [7, 11) is 4.70. The van der Waals surface area contributed by atoms with Crippen LogP contribution in [-0.2, 0) is 54.6 Å². The zero-order valence-corrected chi connectivity index (χ0v) is 46.5. The topological polar surface area (TPSA) is 213 Å². The third-order valence-electron chi connectivity index (χ3n) is 14.8. The number of benzene rings is 5. The Morgan fingerprint density at radius 1 is 0.738 bits per heavy atom. The number of methoxy groups -OCH3 is 3. The van der Waals surface area contributed by atoms with Gasteiger partial charge >= 0.3 is 0 Å². The molecule has 5 aromatic carbocycles. The van der Waals surface area contributed by atoms with Crippen LogP contribution in [0.15, 0.2) is 96.0 Å². The number of anilines is 4. The fourth-order valence-corrected chi connectivity index (χ4v) is 12.5. The molecule has 3 atom stereocenters. The molecule has 5 aliphatic rings. The van der Waals surface area contributed by atoms with Crippen molar-refractivity contribution < 1.29 is 57.1 Å². The van der Waals surface area contributed by atoms with Crippen LogP contribution < -0.4 is 44.7 Å². The maximum Gasteiger partial charge on any atom is 0.261 e. The lowest BCUT2D eigenvalue weighted by Crippen LogP contribution is -2.41. The molecule has 420 valence electrons. The molecule has 5 heterocycles. The first kappa shape index (κ1) is 55.7. The van der Waals surface area contributed by atoms with Crippen molar-refractivity contribution in [2.75, 3.05) is 101 Å². The Hall–Kier alpha value is -7.65. The molecule has 0 bridgehead atoms. The van der Waals surface area contributed by atoms with E-state index in [1.54, 1.807) is 37.3 Å². The largest absolute Gasteiger partial charge is 0.493 e. The Balaban J connectivity index is 0.952. The summed E-state index contributed by atoms with van der Waals surface area (Å²) in [4.78, 5) is 78.7. The van der Waals surface area contributed by atoms with E-state index in [0.717, 1.165) is 50.6 Å². The summed E-state index contributed by atoms with van der Waals surface area (Å²) in [6.45, 7) is 7.47. The van der Waals surface area contributed by atoms with E-state index >= 15 is 0 Å². The van der Waals surface area contributed by atoms with Crippen molar-refractivity contribution in [2.45, 2.75) is 74.8 Å². The van der Waals surface area contributed by atoms with Crippen molar-refractivity contribution in [1.82, 2.24) is 4.90 Å². The molecule has 3 N–H and O–H groups in total. The first-order valence-corrected chi connectivity index (χ1v) is 27.7. The number of nitrogens with one attached hydrogen (secondary N) is 1. The van der Waals surface area contributed by atoms with E-state index in [1.807, 2.05) is 91.7 Å². The van der Waals surface area contributed by atoms with E-state index in [1.165, 1.54) is 18.9 Å². The van der Waals surface area contributed by atoms with Crippen LogP contribution in [0.2, 0.25) is 0 Å². The van der Waals surface area contributed by atoms with Crippen molar-refractivity contribution in [3.05, 3.63) is 124 Å². The molecule has 0 saturated carbocycles. The van der Waals surface area contributed by atoms with Gasteiger partial charge in [0.1, 0.15) is 13.2 Å². The molecule has 10 rings (SSSR count). The average molecular weight is 1110 g/mol. The molecule has 5 aliphatic heterocycles. The number of amides is 5. The Kier molecular flexibility index (Phi) is 17.0. The van der Waals surface area contributed by atoms with Crippen LogP contribution in [0.4, 0.5) is 28.4 Å². The maximum atomic E-state index is 14.3. The number of nitrogens with zero attached hydrogens (tertiary/aromatic N) is 5. The molecule has 0 aliphatic carbocycles. The number of primary amides is 1. The number of carbonyl (C=O) groups excluding carboxylic acids is 5. The summed E-state index contributed by atoms with van der Waals surface area (Å²) in [6, 6.07) is 28.6. The molecular formula is C60H67N7O12S. The van der Waals surface area contributed by atoms with Crippen molar-refractivity contribution in [3.63, 3.8) is 0 Å². The highest BCUT2D eigenvalue weighted by atomic mass is 32.2. The van der Waals surface area contributed by atoms with Crippen LogP contribution >= 0.6 is 11.8 Å². The van der Waals surface area contributed by atoms with Crippen molar-refractivity contribution in [1.29, 1.82) is 0 Å². The predicted molar refractivity (Wildman–Crippen MR) is 306 cm³/mol. The van der Waals surface area contributed by atoms with Gasteiger partial charge < -0.3 is 54.0 Å². The second-order valence-corrected chi connectivity index (χ2v) is 22.8. The molecule has 5 aromatic rings. The van der Waals surface area contributed by atoms with Crippen molar-refractivity contribution in [2.24, 2.45) is 10.7 Å². The normalized spacial score (nSPS) is 17.9. The molecule has 1 saturated heterocycles. The summed E-state index contributed by atoms with van der Waals surface area (Å²) in [5.74, 6) is 0.00352. The van der Waals surface area contributed by atoms with Gasteiger partial charge in [-0.3, -0.25) is 38.8 Å². The van der Waals surface area contributed by atoms with Gasteiger partial charge in [-0.2, -0.15) is 0 Å². The lowest BCUT2D eigenvalue weighted by molar-refractivity contribution is -0.138. The van der Waals surface area contributed by atoms with Gasteiger partial charge in [-0.25, -0.2) is 0 Å². The molecule has 0 radical (unpaired) electrons. The third-order valence-corrected chi connectivity index (χ3v) is 16.2. The zero-order valence-electron chi connectivity index (χ0n) is 45.7. The second-order valence-electron chi connectivity index (χ2n) is 20.9. The van der Waals surface area contributed by atoms with Gasteiger partial charge in [-0.15, -0.1) is 11.8 Å². The zero-order chi connectivity index (χ0) is 56.1. The SMILES string of the molecule is COCCOCCOCCN(CC(C)(C)SC1CC(=O)N(CCC(N)=O)C1=O)c1cc(COc2cc3c(cc2OC)C(=O)N2c4ccccc4C[C@H]2C=N3)cc(COc2cc3c(cc2OC)C(=O)N2c4ccccc4C[C@H]2CN3)c1. The Morgan fingerprint density at radius 2 is 1.36 bits per heavy atom. The molecule has 5 amide bonds. The van der Waals surface area contributed by atoms with Crippen LogP contribution in [0.1, 0.15) is 69.7 Å². The molecule has 1 unspecified atom stereocenters. The molecule has 1 fully saturated rings. The second kappa shape index (κ2) is 24.4. The van der Waals surface area contributed by atoms with Crippen molar-refractivity contribution in [3.8, 4) is 23.0 Å². The number of fused-ring (bicyclic) bond motifs is 8. The number of aliphatic imine (C=N–C) groups is 1. The van der Waals surface area contributed by atoms with Crippen LogP contribution in [0, 0.1) is 0 Å². The molecular weight excluding hydrogens is 1040 g/mol. The predicted octanol–water partition coefficient (Wildman–Crippen LogP) is 7.15. The summed E-state index contributed by atoms with van der Waals surface area (Å²) in [5.41, 5.74) is 13.7. The van der Waals surface area contributed by atoms with Gasteiger partial charge in [0, 0.05) is 92.7 Å². The van der Waals surface area contributed by atoms with E-state index < -0.39 is 15.9 Å². The quantitative estimate of drug-likeness (QED) is 0.0439. The van der Waals surface area contributed by atoms with Crippen molar-refractivity contribution >= 4 is 75.9 Å². The lowest BCUT2D eigenvalue weighted by Gasteiger charge is -2.35. The number of imide groups is 1. The Bertz CT molecular complexity index is 3210. The number of thioether (sulfide) groups is 1. The summed E-state index contributed by atoms with van der Waals surface area (Å²) in [6.07, 6.45) is 3.11. The molecule has 0 spiro atoms. The highest BCUT2D eigenvalue weighted by Gasteiger charge is 2.43. The molecule has 80 heavy (non-hydrogen) atoms. The van der Waals surface area contributed by atoms with E-state index in [4.69, 9.17) is 43.9 Å². The third kappa shape index (κ3) is 12.1. The number of likely N-dealkylation sites (tertiary alicyclic amines) is 1. The molecule has 19 nitrogen and oxygen atoms in total. The fourth-order valence-electron chi connectivity index (χ4n) is 11.0. The highest BCUT2D eigenvalue weighted by molar-refractivity contribution is 8.02. The number of rotatable bonds is 25. The monoisotopic (exact) mass is 1110 g/mol. The highest BCUT2D eigenvalue weighted by Crippen LogP contribution is 2.44. The van der Waals surface area contributed by atoms with E-state index in [-0.39, 0.29) is 68.3 Å². The van der Waals surface area contributed by atoms with E-state index in [0.29, 0.717) is 105 Å².